The Labute approximate surface area is 124 Å². The van der Waals surface area contributed by atoms with Crippen molar-refractivity contribution in [3.63, 3.8) is 0 Å². The van der Waals surface area contributed by atoms with Crippen molar-refractivity contribution >= 4 is 58.0 Å². The van der Waals surface area contributed by atoms with Gasteiger partial charge in [-0.25, -0.2) is 0 Å². The van der Waals surface area contributed by atoms with E-state index in [1.54, 1.807) is 19.1 Å². The van der Waals surface area contributed by atoms with Crippen LogP contribution >= 0.6 is 34.8 Å². The van der Waals surface area contributed by atoms with Gasteiger partial charge in [0.1, 0.15) is 5.75 Å². The molecule has 5 nitrogen and oxygen atoms in total. The minimum absolute atomic E-state index is 0.266. The predicted octanol–water partition coefficient (Wildman–Crippen LogP) is 2.71. The first-order chi connectivity index (χ1) is 8.77. The molecule has 0 fully saturated rings. The number of hydrogen-bond acceptors (Lipinski definition) is 3. The van der Waals surface area contributed by atoms with Crippen LogP contribution in [0.4, 0.5) is 11.4 Å². The Morgan fingerprint density at radius 3 is 2.74 bits per heavy atom. The summed E-state index contributed by atoms with van der Waals surface area (Å²) >= 11 is 16.3. The van der Waals surface area contributed by atoms with E-state index in [0.717, 1.165) is 0 Å². The molecule has 0 spiro atoms. The maximum Gasteiger partial charge on any atom is 0.276 e. The van der Waals surface area contributed by atoms with Gasteiger partial charge < -0.3 is 15.4 Å². The van der Waals surface area contributed by atoms with Gasteiger partial charge in [-0.3, -0.25) is 9.59 Å². The number of hydrogen-bond donors (Lipinski definition) is 2. The Morgan fingerprint density at radius 2 is 2.11 bits per heavy atom. The second kappa shape index (κ2) is 5.07. The zero-order valence-electron chi connectivity index (χ0n) is 9.67. The van der Waals surface area contributed by atoms with Crippen molar-refractivity contribution in [2.45, 2.75) is 16.8 Å². The van der Waals surface area contributed by atoms with E-state index in [2.05, 4.69) is 10.6 Å². The number of amides is 2. The maximum atomic E-state index is 11.5. The molecule has 2 N–H and O–H groups in total. The minimum Gasteiger partial charge on any atom is -0.479 e. The van der Waals surface area contributed by atoms with E-state index < -0.39 is 15.8 Å². The van der Waals surface area contributed by atoms with Crippen molar-refractivity contribution < 1.29 is 14.3 Å². The number of nitrogens with one attached hydrogen (secondary N) is 2. The van der Waals surface area contributed by atoms with Gasteiger partial charge in [0.2, 0.25) is 0 Å². The van der Waals surface area contributed by atoms with Crippen molar-refractivity contribution in [2.24, 2.45) is 0 Å². The first-order valence-corrected chi connectivity index (χ1v) is 6.40. The molecule has 2 rings (SSSR count). The van der Waals surface area contributed by atoms with E-state index >= 15 is 0 Å². The summed E-state index contributed by atoms with van der Waals surface area (Å²) in [5, 5.41) is 5.06. The fraction of sp³-hybridized carbons (Fsp3) is 0.273. The third-order valence-electron chi connectivity index (χ3n) is 2.43. The summed E-state index contributed by atoms with van der Waals surface area (Å²) in [5.41, 5.74) is 0.832. The Morgan fingerprint density at radius 1 is 1.42 bits per heavy atom. The van der Waals surface area contributed by atoms with Crippen LogP contribution < -0.4 is 15.4 Å². The minimum atomic E-state index is -2.05. The maximum absolute atomic E-state index is 11.5. The highest BCUT2D eigenvalue weighted by atomic mass is 35.6. The van der Waals surface area contributed by atoms with Crippen molar-refractivity contribution in [2.75, 3.05) is 10.6 Å². The van der Waals surface area contributed by atoms with E-state index in [1.807, 2.05) is 0 Å². The molecule has 0 aromatic heterocycles. The molecule has 0 aliphatic carbocycles. The van der Waals surface area contributed by atoms with Gasteiger partial charge in [-0.05, 0) is 25.1 Å². The molecule has 0 bridgehead atoms. The van der Waals surface area contributed by atoms with Gasteiger partial charge in [-0.15, -0.1) is 0 Å². The first kappa shape index (κ1) is 14.2. The number of halogens is 3. The lowest BCUT2D eigenvalue weighted by Gasteiger charge is -2.23. The first-order valence-electron chi connectivity index (χ1n) is 5.27. The molecule has 0 saturated heterocycles. The second-order valence-corrected chi connectivity index (χ2v) is 6.19. The highest BCUT2D eigenvalue weighted by molar-refractivity contribution is 6.76. The van der Waals surface area contributed by atoms with E-state index in [-0.39, 0.29) is 5.91 Å². The molecule has 1 aliphatic rings. The van der Waals surface area contributed by atoms with Gasteiger partial charge in [0.05, 0.1) is 5.69 Å². The molecule has 102 valence electrons. The summed E-state index contributed by atoms with van der Waals surface area (Å²) in [5.74, 6) is -0.537. The Bertz CT molecular complexity index is 542. The fourth-order valence-corrected chi connectivity index (χ4v) is 1.63. The van der Waals surface area contributed by atoms with Crippen molar-refractivity contribution in [1.82, 2.24) is 0 Å². The lowest BCUT2D eigenvalue weighted by molar-refractivity contribution is -0.122. The van der Waals surface area contributed by atoms with Gasteiger partial charge in [0.15, 0.2) is 6.10 Å². The largest absolute Gasteiger partial charge is 0.479 e. The number of benzene rings is 1. The van der Waals surface area contributed by atoms with Gasteiger partial charge in [0.25, 0.3) is 15.6 Å². The standard InChI is InChI=1S/C11H9Cl3N2O3/c1-5-9(17)16-7-4-6(2-3-8(7)19-5)15-10(18)11(12,13)14/h2-5H,1H3,(H,15,18)(H,16,17). The molecule has 1 aromatic carbocycles. The van der Waals surface area contributed by atoms with Crippen LogP contribution in [-0.4, -0.2) is 21.7 Å². The number of ether oxygens (including phenoxy) is 1. The molecule has 1 atom stereocenters. The van der Waals surface area contributed by atoms with E-state index in [0.29, 0.717) is 17.1 Å². The average molecular weight is 324 g/mol. The van der Waals surface area contributed by atoms with Gasteiger partial charge >= 0.3 is 0 Å². The van der Waals surface area contributed by atoms with Crippen molar-refractivity contribution in [3.8, 4) is 5.75 Å². The average Bonchev–Trinajstić information content (AvgIpc) is 2.29. The van der Waals surface area contributed by atoms with Crippen LogP contribution in [0.15, 0.2) is 18.2 Å². The lowest BCUT2D eigenvalue weighted by Crippen LogP contribution is -2.34. The Balaban J connectivity index is 2.20. The number of carbonyl (C=O) groups excluding carboxylic acids is 2. The summed E-state index contributed by atoms with van der Waals surface area (Å²) in [7, 11) is 0. The normalized spacial score (nSPS) is 18.1. The molecule has 0 saturated carbocycles. The van der Waals surface area contributed by atoms with Gasteiger partial charge in [-0.2, -0.15) is 0 Å². The second-order valence-electron chi connectivity index (χ2n) is 3.91. The quantitative estimate of drug-likeness (QED) is 0.781. The number of alkyl halides is 3. The summed E-state index contributed by atoms with van der Waals surface area (Å²) in [6.45, 7) is 1.64. The summed E-state index contributed by atoms with van der Waals surface area (Å²) in [6, 6.07) is 4.71. The van der Waals surface area contributed by atoms with E-state index in [4.69, 9.17) is 39.5 Å². The molecular formula is C11H9Cl3N2O3. The summed E-state index contributed by atoms with van der Waals surface area (Å²) in [6.07, 6.45) is -0.561. The molecule has 0 radical (unpaired) electrons. The van der Waals surface area contributed by atoms with Crippen molar-refractivity contribution in [3.05, 3.63) is 18.2 Å². The highest BCUT2D eigenvalue weighted by Gasteiger charge is 2.31. The summed E-state index contributed by atoms with van der Waals surface area (Å²) < 4.78 is 3.32. The molecule has 1 aromatic rings. The zero-order chi connectivity index (χ0) is 14.2. The van der Waals surface area contributed by atoms with Crippen LogP contribution in [0.25, 0.3) is 0 Å². The van der Waals surface area contributed by atoms with Crippen molar-refractivity contribution in [1.29, 1.82) is 0 Å². The van der Waals surface area contributed by atoms with Crippen LogP contribution in [0.3, 0.4) is 0 Å². The van der Waals surface area contributed by atoms with Crippen LogP contribution in [0.5, 0.6) is 5.75 Å². The Kier molecular flexibility index (Phi) is 3.80. The molecule has 8 heteroatoms. The topological polar surface area (TPSA) is 67.4 Å². The van der Waals surface area contributed by atoms with Gasteiger partial charge in [0, 0.05) is 5.69 Å². The van der Waals surface area contributed by atoms with Crippen LogP contribution in [0.2, 0.25) is 0 Å². The molecular weight excluding hydrogens is 314 g/mol. The molecule has 1 unspecified atom stereocenters. The van der Waals surface area contributed by atoms with Gasteiger partial charge in [-0.1, -0.05) is 34.8 Å². The SMILES string of the molecule is CC1Oc2ccc(NC(=O)C(Cl)(Cl)Cl)cc2NC1=O. The number of anilines is 2. The Hall–Kier alpha value is -1.17. The molecule has 19 heavy (non-hydrogen) atoms. The van der Waals surface area contributed by atoms with Crippen LogP contribution in [0.1, 0.15) is 6.92 Å². The number of carbonyl (C=O) groups is 2. The third kappa shape index (κ3) is 3.23. The van der Waals surface area contributed by atoms with E-state index in [9.17, 15) is 9.59 Å². The molecule has 2 amide bonds. The molecule has 1 aliphatic heterocycles. The lowest BCUT2D eigenvalue weighted by atomic mass is 10.2. The molecule has 1 heterocycles. The van der Waals surface area contributed by atoms with E-state index in [1.165, 1.54) is 6.07 Å². The number of rotatable bonds is 1. The highest BCUT2D eigenvalue weighted by Crippen LogP contribution is 2.33. The summed E-state index contributed by atoms with van der Waals surface area (Å²) in [4.78, 5) is 23.0. The van der Waals surface area contributed by atoms with Crippen LogP contribution in [-0.2, 0) is 9.59 Å². The predicted molar refractivity (Wildman–Crippen MR) is 74.1 cm³/mol. The number of fused-ring (bicyclic) bond motifs is 1. The smallest absolute Gasteiger partial charge is 0.276 e. The van der Waals surface area contributed by atoms with Crippen LogP contribution in [0, 0.1) is 0 Å². The third-order valence-corrected chi connectivity index (χ3v) is 2.94. The monoisotopic (exact) mass is 322 g/mol. The fourth-order valence-electron chi connectivity index (χ4n) is 1.49. The zero-order valence-corrected chi connectivity index (χ0v) is 11.9.